The van der Waals surface area contributed by atoms with Crippen molar-refractivity contribution in [2.75, 3.05) is 19.7 Å². The highest BCUT2D eigenvalue weighted by molar-refractivity contribution is 5.92. The molecule has 1 unspecified atom stereocenters. The van der Waals surface area contributed by atoms with Gasteiger partial charge in [-0.25, -0.2) is 0 Å². The lowest BCUT2D eigenvalue weighted by Crippen LogP contribution is -2.43. The molecule has 1 saturated heterocycles. The smallest absolute Gasteiger partial charge is 0.248 e. The summed E-state index contributed by atoms with van der Waals surface area (Å²) in [6, 6.07) is 7.51. The van der Waals surface area contributed by atoms with Crippen LogP contribution in [0.1, 0.15) is 21.5 Å². The zero-order valence-electron chi connectivity index (χ0n) is 13.3. The van der Waals surface area contributed by atoms with E-state index in [1.54, 1.807) is 6.07 Å². The maximum absolute atomic E-state index is 11.3. The first kappa shape index (κ1) is 15.7. The fourth-order valence-corrected chi connectivity index (χ4v) is 2.89. The molecule has 6 heteroatoms. The van der Waals surface area contributed by atoms with Crippen molar-refractivity contribution in [2.24, 2.45) is 5.73 Å². The third-order valence-electron chi connectivity index (χ3n) is 3.99. The first-order valence-electron chi connectivity index (χ1n) is 7.82. The first-order valence-corrected chi connectivity index (χ1v) is 7.82. The highest BCUT2D eigenvalue weighted by Gasteiger charge is 2.21. The van der Waals surface area contributed by atoms with Gasteiger partial charge >= 0.3 is 0 Å². The number of rotatable bonds is 5. The Labute approximate surface area is 135 Å². The molecule has 1 aliphatic heterocycles. The van der Waals surface area contributed by atoms with E-state index in [1.165, 1.54) is 0 Å². The number of ether oxygens (including phenoxy) is 1. The minimum absolute atomic E-state index is 0.127. The Hall–Kier alpha value is -2.18. The summed E-state index contributed by atoms with van der Waals surface area (Å²) < 4.78 is 7.77. The third kappa shape index (κ3) is 4.18. The number of nitrogens with two attached hydrogens (primary N) is 1. The van der Waals surface area contributed by atoms with Crippen LogP contribution in [0.5, 0.6) is 0 Å². The molecule has 6 nitrogen and oxygen atoms in total. The highest BCUT2D eigenvalue weighted by atomic mass is 16.5. The van der Waals surface area contributed by atoms with Crippen LogP contribution in [0, 0.1) is 6.92 Å². The molecule has 1 aromatic carbocycles. The Kier molecular flexibility index (Phi) is 4.73. The van der Waals surface area contributed by atoms with Crippen molar-refractivity contribution in [1.29, 1.82) is 0 Å². The molecule has 0 bridgehead atoms. The summed E-state index contributed by atoms with van der Waals surface area (Å²) in [6.07, 6.45) is 4.01. The number of benzene rings is 1. The fourth-order valence-electron chi connectivity index (χ4n) is 2.89. The van der Waals surface area contributed by atoms with E-state index >= 15 is 0 Å². The molecule has 0 saturated carbocycles. The molecule has 1 amide bonds. The van der Waals surface area contributed by atoms with Gasteiger partial charge in [0, 0.05) is 31.4 Å². The van der Waals surface area contributed by atoms with Crippen LogP contribution in [0.25, 0.3) is 0 Å². The van der Waals surface area contributed by atoms with E-state index in [0.29, 0.717) is 12.2 Å². The number of hydrogen-bond acceptors (Lipinski definition) is 4. The molecule has 122 valence electrons. The lowest BCUT2D eigenvalue weighted by Gasteiger charge is -2.33. The van der Waals surface area contributed by atoms with Crippen LogP contribution >= 0.6 is 0 Å². The summed E-state index contributed by atoms with van der Waals surface area (Å²) in [7, 11) is 0. The molecule has 23 heavy (non-hydrogen) atoms. The van der Waals surface area contributed by atoms with Crippen LogP contribution in [0.15, 0.2) is 36.7 Å². The zero-order chi connectivity index (χ0) is 16.2. The molecule has 1 aromatic heterocycles. The second kappa shape index (κ2) is 6.93. The predicted octanol–water partition coefficient (Wildman–Crippen LogP) is 1.19. The quantitative estimate of drug-likeness (QED) is 0.900. The number of morpholine rings is 1. The maximum Gasteiger partial charge on any atom is 0.248 e. The van der Waals surface area contributed by atoms with Crippen LogP contribution in [-0.2, 0) is 17.8 Å². The van der Waals surface area contributed by atoms with Crippen LogP contribution in [-0.4, -0.2) is 46.4 Å². The largest absolute Gasteiger partial charge is 0.374 e. The van der Waals surface area contributed by atoms with E-state index in [9.17, 15) is 4.79 Å². The lowest BCUT2D eigenvalue weighted by molar-refractivity contribution is -0.0402. The Balaban J connectivity index is 1.60. The molecule has 3 rings (SSSR count). The van der Waals surface area contributed by atoms with Crippen molar-refractivity contribution in [3.8, 4) is 0 Å². The second-order valence-corrected chi connectivity index (χ2v) is 6.03. The monoisotopic (exact) mass is 314 g/mol. The number of aryl methyl sites for hydroxylation is 1. The van der Waals surface area contributed by atoms with E-state index in [2.05, 4.69) is 10.00 Å². The number of amides is 1. The number of carbonyl (C=O) groups excluding carboxylic acids is 1. The van der Waals surface area contributed by atoms with Gasteiger partial charge in [0.1, 0.15) is 0 Å². The van der Waals surface area contributed by atoms with Gasteiger partial charge in [-0.3, -0.25) is 14.4 Å². The standard InChI is InChI=1S/C17H22N4O2/c1-13-8-19-21(9-13)12-16-11-20(5-6-23-16)10-14-3-2-4-15(7-14)17(18)22/h2-4,7-9,16H,5-6,10-12H2,1H3,(H2,18,22). The highest BCUT2D eigenvalue weighted by Crippen LogP contribution is 2.13. The van der Waals surface area contributed by atoms with Gasteiger partial charge in [0.05, 0.1) is 25.5 Å². The average molecular weight is 314 g/mol. The van der Waals surface area contributed by atoms with E-state index in [4.69, 9.17) is 10.5 Å². The Morgan fingerprint density at radius 3 is 3.09 bits per heavy atom. The molecule has 0 radical (unpaired) electrons. The van der Waals surface area contributed by atoms with Gasteiger partial charge in [0.15, 0.2) is 0 Å². The molecule has 2 N–H and O–H groups in total. The lowest BCUT2D eigenvalue weighted by atomic mass is 10.1. The van der Waals surface area contributed by atoms with E-state index in [0.717, 1.165) is 37.3 Å². The molecule has 1 atom stereocenters. The number of carbonyl (C=O) groups is 1. The number of nitrogens with zero attached hydrogens (tertiary/aromatic N) is 3. The minimum Gasteiger partial charge on any atom is -0.374 e. The second-order valence-electron chi connectivity index (χ2n) is 6.03. The summed E-state index contributed by atoms with van der Waals surface area (Å²) in [5, 5.41) is 4.32. The van der Waals surface area contributed by atoms with Crippen LogP contribution in [0.3, 0.4) is 0 Å². The topological polar surface area (TPSA) is 73.4 Å². The van der Waals surface area contributed by atoms with Gasteiger partial charge in [-0.15, -0.1) is 0 Å². The van der Waals surface area contributed by atoms with Gasteiger partial charge < -0.3 is 10.5 Å². The Morgan fingerprint density at radius 2 is 2.35 bits per heavy atom. The molecule has 0 aliphatic carbocycles. The van der Waals surface area contributed by atoms with Crippen molar-refractivity contribution < 1.29 is 9.53 Å². The molecular weight excluding hydrogens is 292 g/mol. The Bertz CT molecular complexity index is 683. The van der Waals surface area contributed by atoms with Crippen molar-refractivity contribution >= 4 is 5.91 Å². The first-order chi connectivity index (χ1) is 11.1. The molecule has 1 fully saturated rings. The van der Waals surface area contributed by atoms with Crippen molar-refractivity contribution in [3.05, 3.63) is 53.3 Å². The van der Waals surface area contributed by atoms with Gasteiger partial charge in [0.25, 0.3) is 0 Å². The summed E-state index contributed by atoms with van der Waals surface area (Å²) >= 11 is 0. The van der Waals surface area contributed by atoms with Crippen LogP contribution in [0.4, 0.5) is 0 Å². The van der Waals surface area contributed by atoms with E-state index in [-0.39, 0.29) is 12.0 Å². The third-order valence-corrected chi connectivity index (χ3v) is 3.99. The molecule has 2 aromatic rings. The Morgan fingerprint density at radius 1 is 1.48 bits per heavy atom. The van der Waals surface area contributed by atoms with Gasteiger partial charge in [-0.2, -0.15) is 5.10 Å². The maximum atomic E-state index is 11.3. The van der Waals surface area contributed by atoms with Crippen molar-refractivity contribution in [2.45, 2.75) is 26.1 Å². The molecular formula is C17H22N4O2. The number of aromatic nitrogens is 2. The average Bonchev–Trinajstić information content (AvgIpc) is 2.93. The molecule has 2 heterocycles. The SMILES string of the molecule is Cc1cnn(CC2CN(Cc3cccc(C(N)=O)c3)CCO2)c1. The van der Waals surface area contributed by atoms with Crippen molar-refractivity contribution in [1.82, 2.24) is 14.7 Å². The summed E-state index contributed by atoms with van der Waals surface area (Å²) in [6.45, 7) is 6.02. The van der Waals surface area contributed by atoms with E-state index in [1.807, 2.05) is 42.2 Å². The minimum atomic E-state index is -0.388. The fraction of sp³-hybridized carbons (Fsp3) is 0.412. The van der Waals surface area contributed by atoms with Crippen molar-refractivity contribution in [3.63, 3.8) is 0 Å². The molecule has 0 spiro atoms. The predicted molar refractivity (Wildman–Crippen MR) is 86.9 cm³/mol. The van der Waals surface area contributed by atoms with Gasteiger partial charge in [0.2, 0.25) is 5.91 Å². The van der Waals surface area contributed by atoms with Gasteiger partial charge in [-0.1, -0.05) is 12.1 Å². The van der Waals surface area contributed by atoms with Gasteiger partial charge in [-0.05, 0) is 30.2 Å². The number of primary amides is 1. The van der Waals surface area contributed by atoms with Crippen LogP contribution in [0.2, 0.25) is 0 Å². The molecule has 1 aliphatic rings. The summed E-state index contributed by atoms with van der Waals surface area (Å²) in [5.74, 6) is -0.388. The summed E-state index contributed by atoms with van der Waals surface area (Å²) in [4.78, 5) is 13.6. The van der Waals surface area contributed by atoms with Crippen LogP contribution < -0.4 is 5.73 Å². The summed E-state index contributed by atoms with van der Waals surface area (Å²) in [5.41, 5.74) is 8.15. The normalized spacial score (nSPS) is 18.9. The number of hydrogen-bond donors (Lipinski definition) is 1. The van der Waals surface area contributed by atoms with E-state index < -0.39 is 0 Å². The zero-order valence-corrected chi connectivity index (χ0v) is 13.3.